The summed E-state index contributed by atoms with van der Waals surface area (Å²) in [6.45, 7) is 2.05. The van der Waals surface area contributed by atoms with Gasteiger partial charge in [-0.3, -0.25) is 0 Å². The lowest BCUT2D eigenvalue weighted by molar-refractivity contribution is 0.872. The van der Waals surface area contributed by atoms with Crippen LogP contribution in [0.15, 0.2) is 64.2 Å². The van der Waals surface area contributed by atoms with Crippen molar-refractivity contribution < 1.29 is 0 Å². The maximum Gasteiger partial charge on any atom is 0.216 e. The smallest absolute Gasteiger partial charge is 0.216 e. The summed E-state index contributed by atoms with van der Waals surface area (Å²) in [5, 5.41) is 11.5. The zero-order valence-electron chi connectivity index (χ0n) is 13.0. The third-order valence-electron chi connectivity index (χ3n) is 3.36. The molecule has 0 spiro atoms. The molecule has 0 unspecified atom stereocenters. The van der Waals surface area contributed by atoms with Crippen LogP contribution in [0, 0.1) is 11.7 Å². The lowest BCUT2D eigenvalue weighted by Crippen LogP contribution is -1.94. The minimum Gasteiger partial charge on any atom is -0.250 e. The standard InChI is InChI=1S/C18H15BrN4S/c1-13-7-9-15(10-8-13)17-21-22-18(24)23(17)20-12-16(19)11-14-5-3-2-4-6-14/h2-12H,1H3,(H,22,24)/b16-11-,20-12-. The fourth-order valence-corrected chi connectivity index (χ4v) is 2.68. The first kappa shape index (κ1) is 16.5. The molecule has 0 amide bonds. The maximum atomic E-state index is 5.28. The highest BCUT2D eigenvalue weighted by Gasteiger charge is 2.07. The molecular weight excluding hydrogens is 384 g/mol. The second-order valence-electron chi connectivity index (χ2n) is 5.21. The highest BCUT2D eigenvalue weighted by atomic mass is 79.9. The van der Waals surface area contributed by atoms with Crippen molar-refractivity contribution in [2.45, 2.75) is 6.92 Å². The Morgan fingerprint density at radius 2 is 1.88 bits per heavy atom. The van der Waals surface area contributed by atoms with Crippen LogP contribution in [0.25, 0.3) is 17.5 Å². The Hall–Kier alpha value is -2.31. The Morgan fingerprint density at radius 3 is 2.58 bits per heavy atom. The van der Waals surface area contributed by atoms with E-state index in [0.717, 1.165) is 15.6 Å². The van der Waals surface area contributed by atoms with Crippen molar-refractivity contribution >= 4 is 40.4 Å². The van der Waals surface area contributed by atoms with E-state index in [-0.39, 0.29) is 0 Å². The molecule has 1 aromatic heterocycles. The fraction of sp³-hybridized carbons (Fsp3) is 0.0556. The number of benzene rings is 2. The van der Waals surface area contributed by atoms with Crippen molar-refractivity contribution in [2.75, 3.05) is 0 Å². The van der Waals surface area contributed by atoms with Crippen LogP contribution in [0.4, 0.5) is 0 Å². The van der Waals surface area contributed by atoms with Gasteiger partial charge < -0.3 is 0 Å². The van der Waals surface area contributed by atoms with E-state index in [4.69, 9.17) is 12.2 Å². The molecule has 0 aliphatic rings. The van der Waals surface area contributed by atoms with Gasteiger partial charge in [-0.05, 0) is 46.7 Å². The third kappa shape index (κ3) is 3.96. The number of aromatic amines is 1. The molecule has 3 rings (SSSR count). The number of rotatable bonds is 4. The molecule has 0 radical (unpaired) electrons. The highest BCUT2D eigenvalue weighted by molar-refractivity contribution is 9.12. The van der Waals surface area contributed by atoms with Crippen LogP contribution in [0.1, 0.15) is 11.1 Å². The van der Waals surface area contributed by atoms with Gasteiger partial charge in [0.05, 0.1) is 6.21 Å². The predicted octanol–water partition coefficient (Wildman–Crippen LogP) is 5.19. The van der Waals surface area contributed by atoms with E-state index in [2.05, 4.69) is 31.2 Å². The summed E-state index contributed by atoms with van der Waals surface area (Å²) in [6.07, 6.45) is 3.69. The van der Waals surface area contributed by atoms with E-state index >= 15 is 0 Å². The monoisotopic (exact) mass is 398 g/mol. The van der Waals surface area contributed by atoms with Crippen molar-refractivity contribution in [3.63, 3.8) is 0 Å². The average molecular weight is 399 g/mol. The van der Waals surface area contributed by atoms with E-state index in [1.54, 1.807) is 10.9 Å². The van der Waals surface area contributed by atoms with Gasteiger partial charge in [0.15, 0.2) is 5.82 Å². The van der Waals surface area contributed by atoms with Crippen LogP contribution >= 0.6 is 28.1 Å². The number of aryl methyl sites for hydroxylation is 1. The average Bonchev–Trinajstić information content (AvgIpc) is 2.95. The molecule has 0 fully saturated rings. The fourth-order valence-electron chi connectivity index (χ4n) is 2.15. The summed E-state index contributed by atoms with van der Waals surface area (Å²) < 4.78 is 2.90. The first-order valence-corrected chi connectivity index (χ1v) is 8.55. The lowest BCUT2D eigenvalue weighted by Gasteiger charge is -2.01. The zero-order valence-corrected chi connectivity index (χ0v) is 15.4. The van der Waals surface area contributed by atoms with Gasteiger partial charge in [0.25, 0.3) is 0 Å². The summed E-state index contributed by atoms with van der Waals surface area (Å²) in [6, 6.07) is 18.1. The molecule has 120 valence electrons. The second kappa shape index (κ2) is 7.51. The van der Waals surface area contributed by atoms with Crippen molar-refractivity contribution in [2.24, 2.45) is 5.10 Å². The lowest BCUT2D eigenvalue weighted by atomic mass is 10.1. The molecule has 0 atom stereocenters. The molecular formula is C18H15BrN4S. The first-order chi connectivity index (χ1) is 11.6. The van der Waals surface area contributed by atoms with Gasteiger partial charge in [0, 0.05) is 10.0 Å². The van der Waals surface area contributed by atoms with Crippen LogP contribution in [-0.2, 0) is 0 Å². The molecule has 6 heteroatoms. The van der Waals surface area contributed by atoms with E-state index in [9.17, 15) is 0 Å². The van der Waals surface area contributed by atoms with Gasteiger partial charge in [0.2, 0.25) is 4.77 Å². The molecule has 1 N–H and O–H groups in total. The third-order valence-corrected chi connectivity index (χ3v) is 4.06. The van der Waals surface area contributed by atoms with Gasteiger partial charge in [-0.1, -0.05) is 60.2 Å². The molecule has 24 heavy (non-hydrogen) atoms. The zero-order chi connectivity index (χ0) is 16.9. The van der Waals surface area contributed by atoms with Crippen molar-refractivity contribution in [1.82, 2.24) is 14.9 Å². The minimum atomic E-state index is 0.446. The Balaban J connectivity index is 1.90. The maximum absolute atomic E-state index is 5.28. The number of halogens is 1. The van der Waals surface area contributed by atoms with Gasteiger partial charge >= 0.3 is 0 Å². The summed E-state index contributed by atoms with van der Waals surface area (Å²) >= 11 is 8.79. The summed E-state index contributed by atoms with van der Waals surface area (Å²) in [7, 11) is 0. The van der Waals surface area contributed by atoms with E-state index < -0.39 is 0 Å². The molecule has 1 heterocycles. The van der Waals surface area contributed by atoms with Crippen LogP contribution in [-0.4, -0.2) is 21.1 Å². The summed E-state index contributed by atoms with van der Waals surface area (Å²) in [5.74, 6) is 0.677. The quantitative estimate of drug-likeness (QED) is 0.485. The Morgan fingerprint density at radius 1 is 1.17 bits per heavy atom. The van der Waals surface area contributed by atoms with Gasteiger partial charge in [-0.25, -0.2) is 5.10 Å². The number of hydrogen-bond acceptors (Lipinski definition) is 3. The topological polar surface area (TPSA) is 46.0 Å². The largest absolute Gasteiger partial charge is 0.250 e. The number of nitrogens with zero attached hydrogens (tertiary/aromatic N) is 3. The summed E-state index contributed by atoms with van der Waals surface area (Å²) in [5.41, 5.74) is 3.23. The van der Waals surface area contributed by atoms with E-state index in [0.29, 0.717) is 10.6 Å². The number of aromatic nitrogens is 3. The highest BCUT2D eigenvalue weighted by Crippen LogP contribution is 2.18. The molecule has 0 bridgehead atoms. The van der Waals surface area contributed by atoms with Gasteiger partial charge in [-0.2, -0.15) is 14.9 Å². The number of allylic oxidation sites excluding steroid dienone is 1. The van der Waals surface area contributed by atoms with Crippen LogP contribution < -0.4 is 0 Å². The molecule has 0 aliphatic carbocycles. The Bertz CT molecular complexity index is 937. The predicted molar refractivity (Wildman–Crippen MR) is 105 cm³/mol. The van der Waals surface area contributed by atoms with Crippen molar-refractivity contribution in [1.29, 1.82) is 0 Å². The minimum absolute atomic E-state index is 0.446. The molecule has 0 aliphatic heterocycles. The van der Waals surface area contributed by atoms with Crippen LogP contribution in [0.2, 0.25) is 0 Å². The second-order valence-corrected chi connectivity index (χ2v) is 6.52. The number of nitrogens with one attached hydrogen (secondary N) is 1. The number of H-pyrrole nitrogens is 1. The van der Waals surface area contributed by atoms with Crippen LogP contribution in [0.3, 0.4) is 0 Å². The van der Waals surface area contributed by atoms with Gasteiger partial charge in [-0.15, -0.1) is 0 Å². The normalized spacial score (nSPS) is 12.0. The molecule has 3 aromatic rings. The molecule has 0 saturated carbocycles. The molecule has 4 nitrogen and oxygen atoms in total. The number of hydrogen-bond donors (Lipinski definition) is 1. The molecule has 0 saturated heterocycles. The SMILES string of the molecule is Cc1ccc(-c2n[nH]c(=S)n2/N=C\C(Br)=C\c2ccccc2)cc1. The Labute approximate surface area is 153 Å². The summed E-state index contributed by atoms with van der Waals surface area (Å²) in [4.78, 5) is 0. The van der Waals surface area contributed by atoms with Crippen molar-refractivity contribution in [3.8, 4) is 11.4 Å². The molecule has 2 aromatic carbocycles. The van der Waals surface area contributed by atoms with Crippen LogP contribution in [0.5, 0.6) is 0 Å². The Kier molecular flexibility index (Phi) is 5.17. The van der Waals surface area contributed by atoms with Gasteiger partial charge in [0.1, 0.15) is 0 Å². The first-order valence-electron chi connectivity index (χ1n) is 7.34. The van der Waals surface area contributed by atoms with E-state index in [1.807, 2.05) is 67.6 Å². The van der Waals surface area contributed by atoms with E-state index in [1.165, 1.54) is 5.56 Å². The van der Waals surface area contributed by atoms with Crippen molar-refractivity contribution in [3.05, 3.63) is 75.0 Å².